The average Bonchev–Trinajstić information content (AvgIpc) is 3.02. The SMILES string of the molecule is C1=CCC=C1.CCC1=[C]([Ru]([CH3])([NH2])[CH2]C)CC=C1. The van der Waals surface area contributed by atoms with E-state index in [1.54, 1.807) is 4.17 Å². The van der Waals surface area contributed by atoms with Gasteiger partial charge in [0.25, 0.3) is 0 Å². The summed E-state index contributed by atoms with van der Waals surface area (Å²) in [4.78, 5) is 0. The van der Waals surface area contributed by atoms with Gasteiger partial charge in [0, 0.05) is 0 Å². The third-order valence-corrected chi connectivity index (χ3v) is 8.86. The third-order valence-electron chi connectivity index (χ3n) is 2.99. The number of rotatable bonds is 3. The summed E-state index contributed by atoms with van der Waals surface area (Å²) in [6.07, 6.45) is 16.3. The summed E-state index contributed by atoms with van der Waals surface area (Å²) in [5.74, 6) is 0. The molecule has 0 aromatic rings. The van der Waals surface area contributed by atoms with Crippen molar-refractivity contribution in [2.24, 2.45) is 4.48 Å². The van der Waals surface area contributed by atoms with Gasteiger partial charge in [0.15, 0.2) is 0 Å². The molecule has 17 heavy (non-hydrogen) atoms. The first-order valence-electron chi connectivity index (χ1n) is 6.20. The molecule has 1 unspecified atom stereocenters. The molecule has 0 aromatic carbocycles. The van der Waals surface area contributed by atoms with Gasteiger partial charge in [-0.1, -0.05) is 24.3 Å². The molecule has 0 saturated carbocycles. The topological polar surface area (TPSA) is 26.0 Å². The Balaban J connectivity index is 0.000000239. The van der Waals surface area contributed by atoms with E-state index in [-0.39, 0.29) is 0 Å². The second kappa shape index (κ2) is 7.08. The number of hydrogen-bond acceptors (Lipinski definition) is 1. The van der Waals surface area contributed by atoms with Crippen molar-refractivity contribution >= 4 is 0 Å². The molecule has 98 valence electrons. The van der Waals surface area contributed by atoms with E-state index < -0.39 is 15.0 Å². The molecular formula is C15H25NRu. The van der Waals surface area contributed by atoms with Crippen LogP contribution >= 0.6 is 0 Å². The summed E-state index contributed by atoms with van der Waals surface area (Å²) in [5, 5.41) is 1.19. The van der Waals surface area contributed by atoms with E-state index in [2.05, 4.69) is 55.8 Å². The standard InChI is InChI=1S/C7H9.C5H6.C2H5.CH3.H2N.Ru/c1-2-7-5-3-4-6-7;1-2-4-5-3-1;1-2;;;/h3,5H,2,4H2,1H3;1-4H,5H2;1H2,2H3;1H3;1H2;/q;;;;-1;+1. The maximum absolute atomic E-state index is 6.36. The van der Waals surface area contributed by atoms with Crippen LogP contribution in [0.4, 0.5) is 0 Å². The van der Waals surface area contributed by atoms with Gasteiger partial charge >= 0.3 is 78.6 Å². The minimum atomic E-state index is -1.83. The molecule has 2 aliphatic carbocycles. The third kappa shape index (κ3) is 4.37. The number of allylic oxidation sites excluding steroid dienone is 8. The van der Waals surface area contributed by atoms with Gasteiger partial charge in [-0.3, -0.25) is 0 Å². The second-order valence-corrected chi connectivity index (χ2v) is 11.4. The zero-order chi connectivity index (χ0) is 12.7. The van der Waals surface area contributed by atoms with Crippen LogP contribution in [0.15, 0.2) is 46.2 Å². The van der Waals surface area contributed by atoms with Crippen molar-refractivity contribution in [3.63, 3.8) is 0 Å². The molecule has 0 aliphatic heterocycles. The summed E-state index contributed by atoms with van der Waals surface area (Å²) in [7, 11) is 0. The van der Waals surface area contributed by atoms with Crippen molar-refractivity contribution < 1.29 is 15.0 Å². The molecule has 1 atom stereocenters. The molecule has 0 saturated heterocycles. The summed E-state index contributed by atoms with van der Waals surface area (Å²) < 4.78 is 7.97. The summed E-state index contributed by atoms with van der Waals surface area (Å²) in [6, 6.07) is 0. The van der Waals surface area contributed by atoms with Gasteiger partial charge in [0.2, 0.25) is 0 Å². The van der Waals surface area contributed by atoms with Crippen LogP contribution in [0.3, 0.4) is 0 Å². The van der Waals surface area contributed by atoms with E-state index in [9.17, 15) is 0 Å². The molecule has 0 heterocycles. The molecular weight excluding hydrogens is 295 g/mol. The number of hydrogen-bond donors (Lipinski definition) is 1. The number of nitrogens with two attached hydrogens (primary N) is 1. The van der Waals surface area contributed by atoms with Gasteiger partial charge in [0.1, 0.15) is 0 Å². The van der Waals surface area contributed by atoms with Crippen LogP contribution in [0.5, 0.6) is 0 Å². The average molecular weight is 320 g/mol. The quantitative estimate of drug-likeness (QED) is 0.754. The Labute approximate surface area is 109 Å². The summed E-state index contributed by atoms with van der Waals surface area (Å²) >= 11 is -1.83. The van der Waals surface area contributed by atoms with Gasteiger partial charge in [-0.15, -0.1) is 0 Å². The van der Waals surface area contributed by atoms with Gasteiger partial charge < -0.3 is 0 Å². The van der Waals surface area contributed by atoms with Gasteiger partial charge in [-0.05, 0) is 6.42 Å². The van der Waals surface area contributed by atoms with Crippen molar-refractivity contribution in [3.8, 4) is 0 Å². The van der Waals surface area contributed by atoms with Crippen molar-refractivity contribution in [2.45, 2.75) is 43.6 Å². The van der Waals surface area contributed by atoms with Crippen molar-refractivity contribution in [1.29, 1.82) is 0 Å². The van der Waals surface area contributed by atoms with Crippen LogP contribution in [0, 0.1) is 0 Å². The van der Waals surface area contributed by atoms with E-state index in [0.717, 1.165) is 19.3 Å². The predicted octanol–water partition coefficient (Wildman–Crippen LogP) is 4.63. The van der Waals surface area contributed by atoms with E-state index in [0.29, 0.717) is 0 Å². The first-order chi connectivity index (χ1) is 8.11. The molecule has 2 N–H and O–H groups in total. The predicted molar refractivity (Wildman–Crippen MR) is 74.5 cm³/mol. The van der Waals surface area contributed by atoms with Crippen LogP contribution in [-0.2, 0) is 15.0 Å². The summed E-state index contributed by atoms with van der Waals surface area (Å²) in [6.45, 7) is 4.45. The molecule has 2 aliphatic rings. The maximum atomic E-state index is 6.36. The Morgan fingerprint density at radius 1 is 1.18 bits per heavy atom. The Kier molecular flexibility index (Phi) is 6.09. The summed E-state index contributed by atoms with van der Waals surface area (Å²) in [5.41, 5.74) is 3.82. The zero-order valence-electron chi connectivity index (χ0n) is 11.2. The fourth-order valence-electron chi connectivity index (χ4n) is 1.79. The van der Waals surface area contributed by atoms with E-state index in [4.69, 9.17) is 4.48 Å². The molecule has 2 heteroatoms. The van der Waals surface area contributed by atoms with Crippen molar-refractivity contribution in [1.82, 2.24) is 0 Å². The van der Waals surface area contributed by atoms with Crippen LogP contribution in [0.2, 0.25) is 10.5 Å². The minimum absolute atomic E-state index is 1.14. The monoisotopic (exact) mass is 321 g/mol. The van der Waals surface area contributed by atoms with Gasteiger partial charge in [-0.2, -0.15) is 0 Å². The molecule has 0 aromatic heterocycles. The van der Waals surface area contributed by atoms with E-state index >= 15 is 0 Å². The first kappa shape index (κ1) is 14.6. The second-order valence-electron chi connectivity index (χ2n) is 4.22. The van der Waals surface area contributed by atoms with Crippen LogP contribution in [-0.4, -0.2) is 0 Å². The van der Waals surface area contributed by atoms with Gasteiger partial charge in [-0.25, -0.2) is 0 Å². The molecule has 0 fully saturated rings. The first-order valence-corrected chi connectivity index (χ1v) is 11.0. The Bertz CT molecular complexity index is 349. The fourth-order valence-corrected chi connectivity index (χ4v) is 5.28. The molecule has 0 radical (unpaired) electrons. The molecule has 0 amide bonds. The molecule has 1 nitrogen and oxygen atoms in total. The van der Waals surface area contributed by atoms with Crippen LogP contribution in [0.1, 0.15) is 33.1 Å². The molecule has 0 bridgehead atoms. The normalized spacial score (nSPS) is 22.4. The Morgan fingerprint density at radius 2 is 1.82 bits per heavy atom. The Hall–Kier alpha value is -0.457. The van der Waals surface area contributed by atoms with Gasteiger partial charge in [0.05, 0.1) is 0 Å². The van der Waals surface area contributed by atoms with Crippen molar-refractivity contribution in [3.05, 3.63) is 46.2 Å². The Morgan fingerprint density at radius 3 is 2.24 bits per heavy atom. The zero-order valence-corrected chi connectivity index (χ0v) is 13.0. The van der Waals surface area contributed by atoms with E-state index in [1.165, 1.54) is 10.6 Å². The van der Waals surface area contributed by atoms with Crippen molar-refractivity contribution in [2.75, 3.05) is 0 Å². The fraction of sp³-hybridized carbons (Fsp3) is 0.467. The molecule has 0 spiro atoms. The molecule has 2 rings (SSSR count). The van der Waals surface area contributed by atoms with E-state index in [1.807, 2.05) is 0 Å². The van der Waals surface area contributed by atoms with Crippen LogP contribution in [0.25, 0.3) is 0 Å². The van der Waals surface area contributed by atoms with Crippen LogP contribution < -0.4 is 4.48 Å².